The fraction of sp³-hybridized carbons (Fsp3) is 0.364. The lowest BCUT2D eigenvalue weighted by Gasteiger charge is -2.16. The second-order valence-corrected chi connectivity index (χ2v) is 5.22. The van der Waals surface area contributed by atoms with Gasteiger partial charge in [0.2, 0.25) is 5.91 Å². The van der Waals surface area contributed by atoms with Gasteiger partial charge in [-0.2, -0.15) is 8.42 Å². The minimum Gasteiger partial charge on any atom is -0.358 e. The molecule has 1 amide bonds. The van der Waals surface area contributed by atoms with Crippen molar-refractivity contribution in [1.29, 1.82) is 0 Å². The molecule has 0 unspecified atom stereocenters. The van der Waals surface area contributed by atoms with E-state index in [4.69, 9.17) is 0 Å². The average Bonchev–Trinajstić information content (AvgIpc) is 2.96. The van der Waals surface area contributed by atoms with Crippen LogP contribution in [-0.4, -0.2) is 14.3 Å². The van der Waals surface area contributed by atoms with Gasteiger partial charge >= 0.3 is 10.5 Å². The topological polar surface area (TPSA) is 72.5 Å². The second-order valence-electron chi connectivity index (χ2n) is 4.26. The summed E-state index contributed by atoms with van der Waals surface area (Å²) in [6, 6.07) is 5.94. The quantitative estimate of drug-likeness (QED) is 0.842. The van der Waals surface area contributed by atoms with E-state index in [-0.39, 0.29) is 17.2 Å². The van der Waals surface area contributed by atoms with Crippen LogP contribution < -0.4 is 9.50 Å². The largest absolute Gasteiger partial charge is 0.488 e. The Bertz CT molecular complexity index is 563. The van der Waals surface area contributed by atoms with E-state index in [0.717, 1.165) is 18.4 Å². The van der Waals surface area contributed by atoms with E-state index in [1.54, 1.807) is 12.1 Å². The van der Waals surface area contributed by atoms with E-state index < -0.39 is 10.5 Å². The summed E-state index contributed by atoms with van der Waals surface area (Å²) in [6.07, 6.45) is 1.66. The highest BCUT2D eigenvalue weighted by Gasteiger charge is 2.44. The summed E-state index contributed by atoms with van der Waals surface area (Å²) >= 11 is 0. The number of nitrogens with one attached hydrogen (secondary N) is 1. The van der Waals surface area contributed by atoms with E-state index in [9.17, 15) is 17.1 Å². The highest BCUT2D eigenvalue weighted by molar-refractivity contribution is 7.81. The van der Waals surface area contributed by atoms with E-state index in [1.165, 1.54) is 19.1 Å². The van der Waals surface area contributed by atoms with Gasteiger partial charge in [-0.3, -0.25) is 4.79 Å². The van der Waals surface area contributed by atoms with Crippen LogP contribution in [0.25, 0.3) is 0 Å². The third kappa shape index (κ3) is 2.98. The molecule has 0 aliphatic heterocycles. The second kappa shape index (κ2) is 4.24. The zero-order chi connectivity index (χ0) is 13.4. The number of carbonyl (C=O) groups excluding carboxylic acids is 1. The Hall–Kier alpha value is -1.63. The summed E-state index contributed by atoms with van der Waals surface area (Å²) in [5, 5.41) is 2.84. The van der Waals surface area contributed by atoms with Crippen LogP contribution in [0, 0.1) is 0 Å². The van der Waals surface area contributed by atoms with Crippen molar-refractivity contribution in [3.8, 4) is 5.75 Å². The van der Waals surface area contributed by atoms with Gasteiger partial charge in [0.25, 0.3) is 0 Å². The van der Waals surface area contributed by atoms with E-state index >= 15 is 0 Å². The van der Waals surface area contributed by atoms with Crippen LogP contribution >= 0.6 is 0 Å². The molecule has 1 fully saturated rings. The maximum Gasteiger partial charge on any atom is 0.488 e. The van der Waals surface area contributed by atoms with Crippen LogP contribution in [0.4, 0.5) is 3.89 Å². The Kier molecular flexibility index (Phi) is 3.02. The predicted octanol–water partition coefficient (Wildman–Crippen LogP) is 1.40. The van der Waals surface area contributed by atoms with Crippen molar-refractivity contribution in [1.82, 2.24) is 5.32 Å². The van der Waals surface area contributed by atoms with Crippen LogP contribution in [-0.2, 0) is 20.8 Å². The molecule has 1 N–H and O–H groups in total. The first-order valence-corrected chi connectivity index (χ1v) is 6.65. The van der Waals surface area contributed by atoms with E-state index in [0.29, 0.717) is 0 Å². The van der Waals surface area contributed by atoms with Crippen LogP contribution in [0.5, 0.6) is 5.75 Å². The van der Waals surface area contributed by atoms with Gasteiger partial charge in [0.15, 0.2) is 0 Å². The highest BCUT2D eigenvalue weighted by Crippen LogP contribution is 2.45. The Labute approximate surface area is 104 Å². The van der Waals surface area contributed by atoms with Crippen molar-refractivity contribution in [3.63, 3.8) is 0 Å². The van der Waals surface area contributed by atoms with Crippen LogP contribution in [0.2, 0.25) is 0 Å². The summed E-state index contributed by atoms with van der Waals surface area (Å²) in [6.45, 7) is 1.44. The van der Waals surface area contributed by atoms with Crippen molar-refractivity contribution in [2.45, 2.75) is 25.3 Å². The van der Waals surface area contributed by atoms with Gasteiger partial charge in [-0.05, 0) is 30.5 Å². The number of hydrogen-bond donors (Lipinski definition) is 1. The van der Waals surface area contributed by atoms with Gasteiger partial charge in [0.1, 0.15) is 5.75 Å². The molecule has 1 saturated carbocycles. The average molecular weight is 273 g/mol. The van der Waals surface area contributed by atoms with Gasteiger partial charge in [-0.25, -0.2) is 0 Å². The summed E-state index contributed by atoms with van der Waals surface area (Å²) in [5.74, 6) is -0.223. The van der Waals surface area contributed by atoms with Crippen molar-refractivity contribution in [3.05, 3.63) is 29.8 Å². The van der Waals surface area contributed by atoms with Crippen molar-refractivity contribution >= 4 is 16.4 Å². The number of halogens is 1. The van der Waals surface area contributed by atoms with E-state index in [1.807, 2.05) is 0 Å². The number of hydrogen-bond acceptors (Lipinski definition) is 4. The zero-order valence-corrected chi connectivity index (χ0v) is 10.5. The standard InChI is InChI=1S/C11H12FNO4S/c1-8(14)13-11(6-7-11)9-2-4-10(5-3-9)17-18(12,15)16/h2-5H,6-7H2,1H3,(H,13,14). The molecule has 2 rings (SSSR count). The molecule has 0 spiro atoms. The molecule has 98 valence electrons. The third-order valence-electron chi connectivity index (χ3n) is 2.77. The minimum absolute atomic E-state index is 0.0973. The lowest BCUT2D eigenvalue weighted by atomic mass is 10.0. The van der Waals surface area contributed by atoms with Crippen LogP contribution in [0.15, 0.2) is 24.3 Å². The molecule has 5 nitrogen and oxygen atoms in total. The molecule has 7 heteroatoms. The van der Waals surface area contributed by atoms with Crippen molar-refractivity contribution in [2.75, 3.05) is 0 Å². The number of rotatable bonds is 4. The normalized spacial score (nSPS) is 17.0. The van der Waals surface area contributed by atoms with Crippen LogP contribution in [0.1, 0.15) is 25.3 Å². The molecule has 0 radical (unpaired) electrons. The first-order valence-electron chi connectivity index (χ1n) is 5.34. The Morgan fingerprint density at radius 1 is 1.33 bits per heavy atom. The predicted molar refractivity (Wildman–Crippen MR) is 61.8 cm³/mol. The molecule has 1 aliphatic rings. The van der Waals surface area contributed by atoms with Gasteiger partial charge < -0.3 is 9.50 Å². The Balaban J connectivity index is 2.16. The maximum absolute atomic E-state index is 12.3. The summed E-state index contributed by atoms with van der Waals surface area (Å²) in [5.41, 5.74) is 0.486. The maximum atomic E-state index is 12.3. The molecule has 0 atom stereocenters. The van der Waals surface area contributed by atoms with E-state index in [2.05, 4.69) is 9.50 Å². The Morgan fingerprint density at radius 2 is 1.89 bits per heavy atom. The zero-order valence-electron chi connectivity index (χ0n) is 9.64. The molecule has 0 saturated heterocycles. The molecular formula is C11H12FNO4S. The van der Waals surface area contributed by atoms with Gasteiger partial charge in [-0.1, -0.05) is 16.0 Å². The molecule has 18 heavy (non-hydrogen) atoms. The summed E-state index contributed by atoms with van der Waals surface area (Å²) in [7, 11) is -5.00. The fourth-order valence-corrected chi connectivity index (χ4v) is 2.23. The smallest absolute Gasteiger partial charge is 0.358 e. The van der Waals surface area contributed by atoms with Gasteiger partial charge in [-0.15, -0.1) is 0 Å². The van der Waals surface area contributed by atoms with Crippen LogP contribution in [0.3, 0.4) is 0 Å². The molecular weight excluding hydrogens is 261 g/mol. The summed E-state index contributed by atoms with van der Waals surface area (Å²) in [4.78, 5) is 11.1. The number of benzene rings is 1. The summed E-state index contributed by atoms with van der Waals surface area (Å²) < 4.78 is 37.0. The third-order valence-corrected chi connectivity index (χ3v) is 3.16. The minimum atomic E-state index is -5.00. The molecule has 1 aliphatic carbocycles. The van der Waals surface area contributed by atoms with Crippen molar-refractivity contribution in [2.24, 2.45) is 0 Å². The molecule has 1 aromatic carbocycles. The van der Waals surface area contributed by atoms with Crippen molar-refractivity contribution < 1.29 is 21.3 Å². The molecule has 0 aromatic heterocycles. The molecule has 1 aromatic rings. The molecule has 0 heterocycles. The van der Waals surface area contributed by atoms with Gasteiger partial charge in [0.05, 0.1) is 5.54 Å². The number of amides is 1. The van der Waals surface area contributed by atoms with Gasteiger partial charge in [0, 0.05) is 6.92 Å². The molecule has 0 bridgehead atoms. The Morgan fingerprint density at radius 3 is 2.28 bits per heavy atom. The SMILES string of the molecule is CC(=O)NC1(c2ccc(OS(=O)(=O)F)cc2)CC1. The number of carbonyl (C=O) groups is 1. The first kappa shape index (κ1) is 12.8. The first-order chi connectivity index (χ1) is 8.31. The lowest BCUT2D eigenvalue weighted by molar-refractivity contribution is -0.120. The monoisotopic (exact) mass is 273 g/mol. The lowest BCUT2D eigenvalue weighted by Crippen LogP contribution is -2.32. The fourth-order valence-electron chi connectivity index (χ4n) is 1.89. The highest BCUT2D eigenvalue weighted by atomic mass is 32.3.